The molecule has 0 amide bonds. The molecule has 1 heterocycles. The maximum absolute atomic E-state index is 6.07. The first-order valence-electron chi connectivity index (χ1n) is 5.47. The fourth-order valence-electron chi connectivity index (χ4n) is 1.50. The van der Waals surface area contributed by atoms with Crippen LogP contribution in [0.15, 0.2) is 27.2 Å². The molecule has 96 valence electrons. The van der Waals surface area contributed by atoms with Gasteiger partial charge in [0.1, 0.15) is 5.75 Å². The summed E-state index contributed by atoms with van der Waals surface area (Å²) < 4.78 is 11.4. The van der Waals surface area contributed by atoms with Crippen molar-refractivity contribution in [3.63, 3.8) is 0 Å². The fraction of sp³-hybridized carbons (Fsp3) is 0.333. The number of halogens is 2. The molecule has 1 atom stereocenters. The van der Waals surface area contributed by atoms with E-state index in [2.05, 4.69) is 26.1 Å². The number of nitrogens with zero attached hydrogens (tertiary/aromatic N) is 2. The topological polar surface area (TPSA) is 48.2 Å². The summed E-state index contributed by atoms with van der Waals surface area (Å²) in [6.45, 7) is 1.97. The molecule has 1 aromatic carbocycles. The Bertz CT molecular complexity index is 545. The average molecular weight is 332 g/mol. The highest BCUT2D eigenvalue weighted by Crippen LogP contribution is 2.32. The van der Waals surface area contributed by atoms with E-state index in [-0.39, 0.29) is 5.38 Å². The lowest BCUT2D eigenvalue weighted by Crippen LogP contribution is -1.91. The molecule has 1 unspecified atom stereocenters. The normalized spacial score (nSPS) is 12.4. The van der Waals surface area contributed by atoms with Gasteiger partial charge in [-0.15, -0.1) is 11.6 Å². The third kappa shape index (κ3) is 2.67. The summed E-state index contributed by atoms with van der Waals surface area (Å²) in [4.78, 5) is 4.28. The molecule has 4 nitrogen and oxygen atoms in total. The van der Waals surface area contributed by atoms with Gasteiger partial charge in [0, 0.05) is 4.47 Å². The van der Waals surface area contributed by atoms with Crippen molar-refractivity contribution in [3.05, 3.63) is 28.5 Å². The van der Waals surface area contributed by atoms with E-state index in [1.165, 1.54) is 0 Å². The maximum atomic E-state index is 6.07. The van der Waals surface area contributed by atoms with E-state index in [0.29, 0.717) is 17.5 Å². The number of methoxy groups -OCH3 is 1. The number of benzene rings is 1. The van der Waals surface area contributed by atoms with Crippen molar-refractivity contribution in [2.24, 2.45) is 0 Å². The minimum absolute atomic E-state index is 0.232. The van der Waals surface area contributed by atoms with E-state index in [1.807, 2.05) is 25.1 Å². The van der Waals surface area contributed by atoms with E-state index in [4.69, 9.17) is 20.9 Å². The zero-order valence-corrected chi connectivity index (χ0v) is 12.3. The van der Waals surface area contributed by atoms with Crippen LogP contribution >= 0.6 is 27.5 Å². The maximum Gasteiger partial charge on any atom is 0.261 e. The minimum atomic E-state index is -0.232. The summed E-state index contributed by atoms with van der Waals surface area (Å²) in [6, 6.07) is 5.59. The number of hydrogen-bond donors (Lipinski definition) is 0. The Morgan fingerprint density at radius 2 is 2.28 bits per heavy atom. The first-order chi connectivity index (χ1) is 8.65. The standard InChI is InChI=1S/C12H12BrClN2O2/c1-3-9(14)11-15-12(18-16-11)8-5-4-7(13)6-10(8)17-2/h4-6,9H,3H2,1-2H3. The second-order valence-corrected chi connectivity index (χ2v) is 5.12. The van der Waals surface area contributed by atoms with Gasteiger partial charge in [-0.2, -0.15) is 4.98 Å². The molecule has 0 aliphatic rings. The molecule has 6 heteroatoms. The summed E-state index contributed by atoms with van der Waals surface area (Å²) in [5.41, 5.74) is 0.749. The molecule has 0 fully saturated rings. The van der Waals surface area contributed by atoms with Crippen LogP contribution in [0, 0.1) is 0 Å². The number of ether oxygens (including phenoxy) is 1. The molecular weight excluding hydrogens is 320 g/mol. The van der Waals surface area contributed by atoms with Crippen LogP contribution in [0.2, 0.25) is 0 Å². The average Bonchev–Trinajstić information content (AvgIpc) is 2.87. The van der Waals surface area contributed by atoms with Crippen molar-refractivity contribution in [1.29, 1.82) is 0 Å². The molecule has 0 bridgehead atoms. The summed E-state index contributed by atoms with van der Waals surface area (Å²) >= 11 is 9.45. The predicted octanol–water partition coefficient (Wildman–Crippen LogP) is 4.20. The van der Waals surface area contributed by atoms with Gasteiger partial charge in [-0.3, -0.25) is 0 Å². The van der Waals surface area contributed by atoms with Crippen LogP contribution < -0.4 is 4.74 Å². The van der Waals surface area contributed by atoms with Crippen molar-refractivity contribution < 1.29 is 9.26 Å². The summed E-state index contributed by atoms with van der Waals surface area (Å²) in [7, 11) is 1.60. The van der Waals surface area contributed by atoms with Crippen molar-refractivity contribution in [2.45, 2.75) is 18.7 Å². The van der Waals surface area contributed by atoms with E-state index in [1.54, 1.807) is 7.11 Å². The van der Waals surface area contributed by atoms with E-state index in [9.17, 15) is 0 Å². The van der Waals surface area contributed by atoms with E-state index >= 15 is 0 Å². The quantitative estimate of drug-likeness (QED) is 0.788. The number of alkyl halides is 1. The molecule has 2 rings (SSSR count). The molecule has 1 aromatic heterocycles. The molecular formula is C12H12BrClN2O2. The van der Waals surface area contributed by atoms with Crippen LogP contribution in [-0.2, 0) is 0 Å². The van der Waals surface area contributed by atoms with Gasteiger partial charge in [-0.05, 0) is 24.6 Å². The molecule has 0 saturated carbocycles. The Kier molecular flexibility index (Phi) is 4.24. The van der Waals surface area contributed by atoms with Crippen LogP contribution in [0.4, 0.5) is 0 Å². The Balaban J connectivity index is 2.39. The van der Waals surface area contributed by atoms with Gasteiger partial charge >= 0.3 is 0 Å². The Morgan fingerprint density at radius 3 is 2.94 bits per heavy atom. The molecule has 0 saturated heterocycles. The predicted molar refractivity (Wildman–Crippen MR) is 72.9 cm³/mol. The third-order valence-corrected chi connectivity index (χ3v) is 3.47. The first-order valence-corrected chi connectivity index (χ1v) is 6.70. The molecule has 2 aromatic rings. The summed E-state index contributed by atoms with van der Waals surface area (Å²) in [5, 5.41) is 3.64. The Hall–Kier alpha value is -1.07. The van der Waals surface area contributed by atoms with Gasteiger partial charge in [-0.1, -0.05) is 28.0 Å². The largest absolute Gasteiger partial charge is 0.496 e. The van der Waals surface area contributed by atoms with Gasteiger partial charge < -0.3 is 9.26 Å². The SMILES string of the molecule is CCC(Cl)c1noc(-c2ccc(Br)cc2OC)n1. The molecule has 0 aliphatic heterocycles. The fourth-order valence-corrected chi connectivity index (χ4v) is 1.92. The van der Waals surface area contributed by atoms with Crippen LogP contribution in [0.25, 0.3) is 11.5 Å². The number of hydrogen-bond acceptors (Lipinski definition) is 4. The second-order valence-electron chi connectivity index (χ2n) is 3.68. The van der Waals surface area contributed by atoms with Gasteiger partial charge in [0.15, 0.2) is 5.82 Å². The van der Waals surface area contributed by atoms with Gasteiger partial charge in [-0.25, -0.2) is 0 Å². The van der Waals surface area contributed by atoms with Gasteiger partial charge in [0.2, 0.25) is 0 Å². The van der Waals surface area contributed by atoms with Gasteiger partial charge in [0.05, 0.1) is 18.1 Å². The van der Waals surface area contributed by atoms with Crippen LogP contribution in [-0.4, -0.2) is 17.3 Å². The summed E-state index contributed by atoms with van der Waals surface area (Å²) in [6.07, 6.45) is 0.748. The minimum Gasteiger partial charge on any atom is -0.496 e. The van der Waals surface area contributed by atoms with Crippen molar-refractivity contribution in [3.8, 4) is 17.2 Å². The molecule has 0 radical (unpaired) electrons. The van der Waals surface area contributed by atoms with E-state index < -0.39 is 0 Å². The lowest BCUT2D eigenvalue weighted by molar-refractivity contribution is 0.402. The zero-order chi connectivity index (χ0) is 13.1. The highest BCUT2D eigenvalue weighted by molar-refractivity contribution is 9.10. The van der Waals surface area contributed by atoms with Crippen molar-refractivity contribution in [2.75, 3.05) is 7.11 Å². The smallest absolute Gasteiger partial charge is 0.261 e. The molecule has 18 heavy (non-hydrogen) atoms. The highest BCUT2D eigenvalue weighted by Gasteiger charge is 2.17. The lowest BCUT2D eigenvalue weighted by Gasteiger charge is -2.04. The highest BCUT2D eigenvalue weighted by atomic mass is 79.9. The van der Waals surface area contributed by atoms with E-state index in [0.717, 1.165) is 16.5 Å². The van der Waals surface area contributed by atoms with Gasteiger partial charge in [0.25, 0.3) is 5.89 Å². The summed E-state index contributed by atoms with van der Waals surface area (Å²) in [5.74, 6) is 1.58. The Labute approximate surface area is 118 Å². The monoisotopic (exact) mass is 330 g/mol. The van der Waals surface area contributed by atoms with Crippen LogP contribution in [0.1, 0.15) is 24.5 Å². The number of rotatable bonds is 4. The molecule has 0 N–H and O–H groups in total. The Morgan fingerprint density at radius 1 is 1.50 bits per heavy atom. The second kappa shape index (κ2) is 5.71. The molecule has 0 spiro atoms. The zero-order valence-electron chi connectivity index (χ0n) is 9.98. The van der Waals surface area contributed by atoms with Crippen molar-refractivity contribution in [1.82, 2.24) is 10.1 Å². The van der Waals surface area contributed by atoms with Crippen LogP contribution in [0.3, 0.4) is 0 Å². The first kappa shape index (κ1) is 13.4. The molecule has 0 aliphatic carbocycles. The van der Waals surface area contributed by atoms with Crippen LogP contribution in [0.5, 0.6) is 5.75 Å². The van der Waals surface area contributed by atoms with Crippen molar-refractivity contribution >= 4 is 27.5 Å². The third-order valence-electron chi connectivity index (χ3n) is 2.47. The number of aromatic nitrogens is 2. The lowest BCUT2D eigenvalue weighted by atomic mass is 10.2.